The van der Waals surface area contributed by atoms with E-state index in [-0.39, 0.29) is 29.6 Å². The van der Waals surface area contributed by atoms with Crippen LogP contribution in [0, 0.1) is 0 Å². The van der Waals surface area contributed by atoms with Gasteiger partial charge in [-0.3, -0.25) is 0 Å². The summed E-state index contributed by atoms with van der Waals surface area (Å²) in [6, 6.07) is 8.84. The third kappa shape index (κ3) is 6.80. The number of aromatic hydroxyl groups is 2. The summed E-state index contributed by atoms with van der Waals surface area (Å²) in [6.07, 6.45) is -9.22. The molecule has 0 aromatic heterocycles. The molecule has 1 fully saturated rings. The lowest BCUT2D eigenvalue weighted by molar-refractivity contribution is -0.318. The Morgan fingerprint density at radius 1 is 0.892 bits per heavy atom. The van der Waals surface area contributed by atoms with Crippen LogP contribution >= 0.6 is 0 Å². The van der Waals surface area contributed by atoms with Gasteiger partial charge in [0, 0.05) is 6.61 Å². The normalized spacial score (nSPS) is 25.4. The largest absolute Gasteiger partial charge is 0.504 e. The molecule has 1 aliphatic heterocycles. The van der Waals surface area contributed by atoms with Crippen LogP contribution in [0.3, 0.4) is 0 Å². The van der Waals surface area contributed by atoms with Gasteiger partial charge in [0.1, 0.15) is 30.5 Å². The van der Waals surface area contributed by atoms with Crippen molar-refractivity contribution < 1.29 is 59.8 Å². The number of rotatable bonds is 12. The van der Waals surface area contributed by atoms with Crippen molar-refractivity contribution in [3.8, 4) is 23.0 Å². The molecule has 3 rings (SSSR count). The lowest BCUT2D eigenvalue weighted by Crippen LogP contribution is -2.59. The molecule has 7 atom stereocenters. The highest BCUT2D eigenvalue weighted by molar-refractivity contribution is 5.44. The molecule has 8 N–H and O–H groups in total. The van der Waals surface area contributed by atoms with E-state index in [0.717, 1.165) is 5.56 Å². The standard InChI is InChI=1S/C25H34O12/c1-34-18-10-14(5-6-15(18)29)24(37-25-23(33)22(32)21(31)19(11-27)36-25)20(12-28)35-17-7-4-13(3-2-8-26)9-16(17)30/h4-7,9-10,19-33H,2-3,8,11-12H2,1H3/t19-,20-,21-,22+,23-,24+,25+/m0/s1. The number of benzene rings is 2. The van der Waals surface area contributed by atoms with Gasteiger partial charge in [-0.05, 0) is 48.2 Å². The Labute approximate surface area is 213 Å². The summed E-state index contributed by atoms with van der Waals surface area (Å²) in [7, 11) is 1.34. The van der Waals surface area contributed by atoms with Crippen molar-refractivity contribution in [1.82, 2.24) is 0 Å². The highest BCUT2D eigenvalue weighted by Crippen LogP contribution is 2.37. The Hall–Kier alpha value is -2.68. The van der Waals surface area contributed by atoms with Gasteiger partial charge in [0.25, 0.3) is 0 Å². The Bertz CT molecular complexity index is 1000. The second-order valence-electron chi connectivity index (χ2n) is 8.65. The molecule has 1 heterocycles. The minimum Gasteiger partial charge on any atom is -0.504 e. The van der Waals surface area contributed by atoms with Crippen LogP contribution in [0.4, 0.5) is 0 Å². The van der Waals surface area contributed by atoms with Crippen LogP contribution in [0.5, 0.6) is 23.0 Å². The van der Waals surface area contributed by atoms with E-state index in [1.807, 2.05) is 0 Å². The van der Waals surface area contributed by atoms with Crippen LogP contribution in [0.25, 0.3) is 0 Å². The lowest BCUT2D eigenvalue weighted by atomic mass is 9.98. The van der Waals surface area contributed by atoms with Gasteiger partial charge >= 0.3 is 0 Å². The molecule has 2 aromatic rings. The number of aryl methyl sites for hydroxylation is 1. The minimum absolute atomic E-state index is 0.00133. The number of hydrogen-bond acceptors (Lipinski definition) is 12. The Morgan fingerprint density at radius 3 is 2.27 bits per heavy atom. The predicted octanol–water partition coefficient (Wildman–Crippen LogP) is -0.671. The highest BCUT2D eigenvalue weighted by Gasteiger charge is 2.46. The summed E-state index contributed by atoms with van der Waals surface area (Å²) < 4.78 is 22.4. The maximum Gasteiger partial charge on any atom is 0.187 e. The molecule has 206 valence electrons. The summed E-state index contributed by atoms with van der Waals surface area (Å²) in [5, 5.41) is 80.0. The smallest absolute Gasteiger partial charge is 0.187 e. The predicted molar refractivity (Wildman–Crippen MR) is 127 cm³/mol. The number of methoxy groups -OCH3 is 1. The van der Waals surface area contributed by atoms with E-state index >= 15 is 0 Å². The van der Waals surface area contributed by atoms with Crippen molar-refractivity contribution in [2.75, 3.05) is 26.9 Å². The molecule has 0 radical (unpaired) electrons. The number of aliphatic hydroxyl groups excluding tert-OH is 6. The molecular weight excluding hydrogens is 492 g/mol. The van der Waals surface area contributed by atoms with Crippen molar-refractivity contribution in [2.24, 2.45) is 0 Å². The number of ether oxygens (including phenoxy) is 4. The third-order valence-corrected chi connectivity index (χ3v) is 6.10. The minimum atomic E-state index is -1.72. The Balaban J connectivity index is 1.94. The second-order valence-corrected chi connectivity index (χ2v) is 8.65. The lowest BCUT2D eigenvalue weighted by Gasteiger charge is -2.41. The fraction of sp³-hybridized carbons (Fsp3) is 0.520. The highest BCUT2D eigenvalue weighted by atomic mass is 16.7. The first kappa shape index (κ1) is 28.9. The van der Waals surface area contributed by atoms with Crippen molar-refractivity contribution in [3.05, 3.63) is 47.5 Å². The van der Waals surface area contributed by atoms with Gasteiger partial charge in [0.2, 0.25) is 0 Å². The van der Waals surface area contributed by atoms with Crippen LogP contribution in [0.15, 0.2) is 36.4 Å². The van der Waals surface area contributed by atoms with Crippen LogP contribution < -0.4 is 9.47 Å². The average molecular weight is 527 g/mol. The van der Waals surface area contributed by atoms with Gasteiger partial charge in [-0.25, -0.2) is 0 Å². The SMILES string of the molecule is COc1cc([C@@H](O[C@H]2O[C@@H](CO)[C@H](O)[C@@H](O)[C@@H]2O)[C@H](CO)Oc2ccc(CCCO)cc2O)ccc1O. The fourth-order valence-electron chi connectivity index (χ4n) is 4.04. The number of hydrogen-bond donors (Lipinski definition) is 8. The molecule has 0 unspecified atom stereocenters. The fourth-order valence-corrected chi connectivity index (χ4v) is 4.04. The monoisotopic (exact) mass is 526 g/mol. The number of phenolic OH excluding ortho intramolecular Hbond substituents is 2. The van der Waals surface area contributed by atoms with E-state index in [1.165, 1.54) is 37.4 Å². The zero-order valence-corrected chi connectivity index (χ0v) is 20.3. The molecule has 12 nitrogen and oxygen atoms in total. The molecule has 2 aromatic carbocycles. The van der Waals surface area contributed by atoms with E-state index < -0.39 is 56.1 Å². The van der Waals surface area contributed by atoms with Gasteiger partial charge in [0.15, 0.2) is 35.4 Å². The van der Waals surface area contributed by atoms with E-state index in [2.05, 4.69) is 0 Å². The van der Waals surface area contributed by atoms with Gasteiger partial charge in [-0.1, -0.05) is 12.1 Å². The molecule has 12 heteroatoms. The van der Waals surface area contributed by atoms with E-state index in [1.54, 1.807) is 6.07 Å². The Kier molecular flexibility index (Phi) is 10.3. The third-order valence-electron chi connectivity index (χ3n) is 6.10. The molecule has 0 amide bonds. The van der Waals surface area contributed by atoms with Crippen molar-refractivity contribution in [2.45, 2.75) is 55.8 Å². The molecule has 1 saturated heterocycles. The average Bonchev–Trinajstić information content (AvgIpc) is 2.90. The molecule has 1 aliphatic rings. The summed E-state index contributed by atoms with van der Waals surface area (Å²) in [5.41, 5.74) is 1.07. The van der Waals surface area contributed by atoms with Crippen molar-refractivity contribution in [3.63, 3.8) is 0 Å². The van der Waals surface area contributed by atoms with Crippen molar-refractivity contribution >= 4 is 0 Å². The van der Waals surface area contributed by atoms with Crippen LogP contribution in [-0.4, -0.2) is 105 Å². The molecule has 0 saturated carbocycles. The number of phenols is 2. The maximum absolute atomic E-state index is 10.5. The van der Waals surface area contributed by atoms with Gasteiger partial charge in [0.05, 0.1) is 20.3 Å². The topological polar surface area (TPSA) is 199 Å². The summed E-state index contributed by atoms with van der Waals surface area (Å²) in [5.74, 6) is -0.299. The van der Waals surface area contributed by atoms with Crippen LogP contribution in [0.2, 0.25) is 0 Å². The van der Waals surface area contributed by atoms with E-state index in [9.17, 15) is 35.7 Å². The maximum atomic E-state index is 10.5. The van der Waals surface area contributed by atoms with E-state index in [0.29, 0.717) is 18.4 Å². The summed E-state index contributed by atoms with van der Waals surface area (Å²) in [6.45, 7) is -1.31. The Morgan fingerprint density at radius 2 is 1.65 bits per heavy atom. The van der Waals surface area contributed by atoms with E-state index in [4.69, 9.17) is 24.1 Å². The van der Waals surface area contributed by atoms with Crippen molar-refractivity contribution in [1.29, 1.82) is 0 Å². The molecule has 37 heavy (non-hydrogen) atoms. The zero-order valence-electron chi connectivity index (χ0n) is 20.3. The van der Waals surface area contributed by atoms with Crippen LogP contribution in [-0.2, 0) is 15.9 Å². The quantitative estimate of drug-likeness (QED) is 0.174. The zero-order chi connectivity index (χ0) is 27.1. The molecule has 0 aliphatic carbocycles. The molecule has 0 bridgehead atoms. The summed E-state index contributed by atoms with van der Waals surface area (Å²) in [4.78, 5) is 0. The van der Waals surface area contributed by atoms with Crippen LogP contribution in [0.1, 0.15) is 23.7 Å². The molecule has 0 spiro atoms. The van der Waals surface area contributed by atoms with Gasteiger partial charge in [-0.15, -0.1) is 0 Å². The first-order valence-electron chi connectivity index (χ1n) is 11.8. The first-order valence-corrected chi connectivity index (χ1v) is 11.8. The first-order chi connectivity index (χ1) is 17.7. The number of aliphatic hydroxyl groups is 6. The van der Waals surface area contributed by atoms with Gasteiger partial charge in [-0.2, -0.15) is 0 Å². The van der Waals surface area contributed by atoms with Gasteiger partial charge < -0.3 is 59.8 Å². The molecular formula is C25H34O12. The second kappa shape index (κ2) is 13.2. The summed E-state index contributed by atoms with van der Waals surface area (Å²) >= 11 is 0.